The molecule has 2 saturated heterocycles. The summed E-state index contributed by atoms with van der Waals surface area (Å²) in [4.78, 5) is 12.4. The van der Waals surface area contributed by atoms with Gasteiger partial charge >= 0.3 is 0 Å². The van der Waals surface area contributed by atoms with Crippen molar-refractivity contribution < 1.29 is 24.8 Å². The van der Waals surface area contributed by atoms with Crippen LogP contribution in [0.15, 0.2) is 12.7 Å². The maximum Gasteiger partial charge on any atom is 0.203 e. The molecule has 10 nitrogen and oxygen atoms in total. The molecule has 0 bridgehead atoms. The third-order valence-electron chi connectivity index (χ3n) is 5.03. The predicted molar refractivity (Wildman–Crippen MR) is 85.3 cm³/mol. The molecule has 4 rings (SSSR count). The van der Waals surface area contributed by atoms with Crippen molar-refractivity contribution in [3.05, 3.63) is 12.7 Å². The van der Waals surface area contributed by atoms with E-state index in [-0.39, 0.29) is 5.82 Å². The Labute approximate surface area is 143 Å². The van der Waals surface area contributed by atoms with Crippen LogP contribution in [0.5, 0.6) is 0 Å². The fourth-order valence-electron chi connectivity index (χ4n) is 3.77. The van der Waals surface area contributed by atoms with Crippen molar-refractivity contribution in [2.45, 2.75) is 49.4 Å². The normalized spacial score (nSPS) is 36.1. The van der Waals surface area contributed by atoms with E-state index in [1.165, 1.54) is 12.7 Å². The summed E-state index contributed by atoms with van der Waals surface area (Å²) in [6, 6.07) is 0. The van der Waals surface area contributed by atoms with Crippen molar-refractivity contribution in [3.63, 3.8) is 0 Å². The Kier molecular flexibility index (Phi) is 4.08. The van der Waals surface area contributed by atoms with Crippen molar-refractivity contribution in [1.29, 1.82) is 0 Å². The fourth-order valence-corrected chi connectivity index (χ4v) is 3.77. The van der Waals surface area contributed by atoms with E-state index in [0.29, 0.717) is 24.2 Å². The lowest BCUT2D eigenvalue weighted by atomic mass is 9.92. The summed E-state index contributed by atoms with van der Waals surface area (Å²) in [6.07, 6.45) is 1.10. The molecule has 2 aliphatic rings. The average Bonchev–Trinajstić information content (AvgIpc) is 3.18. The first-order valence-corrected chi connectivity index (χ1v) is 8.30. The monoisotopic (exact) mass is 351 g/mol. The Morgan fingerprint density at radius 1 is 1.28 bits per heavy atom. The number of anilines is 1. The van der Waals surface area contributed by atoms with Gasteiger partial charge in [0.05, 0.1) is 12.9 Å². The highest BCUT2D eigenvalue weighted by atomic mass is 16.6. The standard InChI is InChI=1S/C15H21N5O5/c16-13-10-14(18-6-17-13)20(7-19-10)15(9-3-1-2-4-24-9)12(23)11(22)8(5-21)25-15/h6-9,11-12,21-23H,1-5H2,(H2,16,17,18)/t8-,9?,11-,12-,15-/m1/s1. The molecule has 5 atom stereocenters. The van der Waals surface area contributed by atoms with Gasteiger partial charge in [-0.15, -0.1) is 0 Å². The molecule has 1 unspecified atom stereocenters. The number of nitrogens with two attached hydrogens (primary N) is 1. The van der Waals surface area contributed by atoms with Crippen molar-refractivity contribution in [2.75, 3.05) is 18.9 Å². The lowest BCUT2D eigenvalue weighted by Gasteiger charge is -2.41. The Morgan fingerprint density at radius 2 is 2.12 bits per heavy atom. The first kappa shape index (κ1) is 16.6. The van der Waals surface area contributed by atoms with Crippen LogP contribution in [0.4, 0.5) is 5.82 Å². The zero-order valence-electron chi connectivity index (χ0n) is 13.5. The summed E-state index contributed by atoms with van der Waals surface area (Å²) in [5.74, 6) is 0.204. The van der Waals surface area contributed by atoms with E-state index < -0.39 is 36.7 Å². The lowest BCUT2D eigenvalue weighted by Crippen LogP contribution is -2.55. The number of nitrogens with zero attached hydrogens (tertiary/aromatic N) is 4. The minimum Gasteiger partial charge on any atom is -0.394 e. The van der Waals surface area contributed by atoms with Crippen LogP contribution in [-0.2, 0) is 15.2 Å². The Balaban J connectivity index is 1.90. The predicted octanol–water partition coefficient (Wildman–Crippen LogP) is -1.26. The Hall–Kier alpha value is -1.85. The van der Waals surface area contributed by atoms with E-state index in [1.54, 1.807) is 4.57 Å². The Bertz CT molecular complexity index is 764. The maximum atomic E-state index is 10.9. The van der Waals surface area contributed by atoms with Gasteiger partial charge in [-0.3, -0.25) is 4.57 Å². The van der Waals surface area contributed by atoms with Gasteiger partial charge < -0.3 is 30.5 Å². The van der Waals surface area contributed by atoms with Gasteiger partial charge in [0.2, 0.25) is 5.72 Å². The smallest absolute Gasteiger partial charge is 0.203 e. The van der Waals surface area contributed by atoms with Gasteiger partial charge in [0.1, 0.15) is 36.3 Å². The van der Waals surface area contributed by atoms with Crippen molar-refractivity contribution in [1.82, 2.24) is 19.5 Å². The molecule has 0 amide bonds. The first-order chi connectivity index (χ1) is 12.1. The van der Waals surface area contributed by atoms with Gasteiger partial charge in [-0.2, -0.15) is 0 Å². The topological polar surface area (TPSA) is 149 Å². The van der Waals surface area contributed by atoms with E-state index in [2.05, 4.69) is 15.0 Å². The quantitative estimate of drug-likeness (QED) is 0.531. The van der Waals surface area contributed by atoms with Crippen LogP contribution in [0.3, 0.4) is 0 Å². The molecule has 0 radical (unpaired) electrons. The zero-order valence-corrected chi connectivity index (χ0v) is 13.5. The van der Waals surface area contributed by atoms with E-state index >= 15 is 0 Å². The number of nitrogen functional groups attached to an aromatic ring is 1. The van der Waals surface area contributed by atoms with Crippen LogP contribution in [0, 0.1) is 0 Å². The first-order valence-electron chi connectivity index (χ1n) is 8.30. The number of hydrogen-bond acceptors (Lipinski definition) is 9. The maximum absolute atomic E-state index is 10.9. The van der Waals surface area contributed by atoms with Crippen molar-refractivity contribution in [2.24, 2.45) is 0 Å². The van der Waals surface area contributed by atoms with Crippen LogP contribution in [0.1, 0.15) is 19.3 Å². The summed E-state index contributed by atoms with van der Waals surface area (Å²) < 4.78 is 13.4. The van der Waals surface area contributed by atoms with Gasteiger partial charge in [0.25, 0.3) is 0 Å². The van der Waals surface area contributed by atoms with Crippen molar-refractivity contribution in [3.8, 4) is 0 Å². The zero-order chi connectivity index (χ0) is 17.6. The SMILES string of the molecule is Nc1ncnc2c1ncn2[C@]1(C2CCCCO2)O[C@H](CO)[C@@H](O)[C@H]1O. The molecule has 2 aromatic heterocycles. The third kappa shape index (κ3) is 2.33. The largest absolute Gasteiger partial charge is 0.394 e. The number of rotatable bonds is 3. The lowest BCUT2D eigenvalue weighted by molar-refractivity contribution is -0.228. The molecule has 136 valence electrons. The fraction of sp³-hybridized carbons (Fsp3) is 0.667. The molecule has 25 heavy (non-hydrogen) atoms. The molecule has 2 fully saturated rings. The molecule has 2 aliphatic heterocycles. The van der Waals surface area contributed by atoms with Crippen LogP contribution in [-0.4, -0.2) is 72.5 Å². The molecule has 10 heteroatoms. The molecule has 0 spiro atoms. The van der Waals surface area contributed by atoms with Gasteiger partial charge in [0, 0.05) is 6.61 Å². The summed E-state index contributed by atoms with van der Waals surface area (Å²) in [6.45, 7) is 0.0859. The van der Waals surface area contributed by atoms with E-state index in [9.17, 15) is 15.3 Å². The minimum atomic E-state index is -1.46. The number of ether oxygens (including phenoxy) is 2. The molecule has 4 heterocycles. The van der Waals surface area contributed by atoms with E-state index in [4.69, 9.17) is 15.2 Å². The molecule has 5 N–H and O–H groups in total. The summed E-state index contributed by atoms with van der Waals surface area (Å²) in [7, 11) is 0. The summed E-state index contributed by atoms with van der Waals surface area (Å²) >= 11 is 0. The average molecular weight is 351 g/mol. The number of imidazole rings is 1. The molecular formula is C15H21N5O5. The summed E-state index contributed by atoms with van der Waals surface area (Å²) in [5, 5.41) is 30.8. The van der Waals surface area contributed by atoms with Gasteiger partial charge in [-0.25, -0.2) is 15.0 Å². The number of aliphatic hydroxyl groups excluding tert-OH is 3. The highest BCUT2D eigenvalue weighted by molar-refractivity contribution is 5.81. The molecular weight excluding hydrogens is 330 g/mol. The van der Waals surface area contributed by atoms with Crippen LogP contribution in [0.25, 0.3) is 11.2 Å². The second-order valence-corrected chi connectivity index (χ2v) is 6.43. The second-order valence-electron chi connectivity index (χ2n) is 6.43. The molecule has 0 aliphatic carbocycles. The van der Waals surface area contributed by atoms with Crippen LogP contribution < -0.4 is 5.73 Å². The van der Waals surface area contributed by atoms with E-state index in [0.717, 1.165) is 12.8 Å². The highest BCUT2D eigenvalue weighted by Gasteiger charge is 2.60. The number of fused-ring (bicyclic) bond motifs is 1. The van der Waals surface area contributed by atoms with Gasteiger partial charge in [0.15, 0.2) is 11.5 Å². The molecule has 0 aromatic carbocycles. The molecule has 2 aromatic rings. The number of hydrogen-bond donors (Lipinski definition) is 4. The molecule has 0 saturated carbocycles. The summed E-state index contributed by atoms with van der Waals surface area (Å²) in [5.41, 5.74) is 5.14. The Morgan fingerprint density at radius 3 is 2.80 bits per heavy atom. The second kappa shape index (κ2) is 6.15. The third-order valence-corrected chi connectivity index (χ3v) is 5.03. The van der Waals surface area contributed by atoms with E-state index in [1.807, 2.05) is 0 Å². The number of aliphatic hydroxyl groups is 3. The highest BCUT2D eigenvalue weighted by Crippen LogP contribution is 2.43. The minimum absolute atomic E-state index is 0.204. The van der Waals surface area contributed by atoms with Gasteiger partial charge in [-0.1, -0.05) is 0 Å². The van der Waals surface area contributed by atoms with Crippen LogP contribution >= 0.6 is 0 Å². The van der Waals surface area contributed by atoms with Crippen molar-refractivity contribution >= 4 is 17.0 Å². The van der Waals surface area contributed by atoms with Crippen LogP contribution in [0.2, 0.25) is 0 Å². The van der Waals surface area contributed by atoms with Gasteiger partial charge in [-0.05, 0) is 19.3 Å². The number of aromatic nitrogens is 4.